The van der Waals surface area contributed by atoms with E-state index >= 15 is 0 Å². The molecule has 13 heteroatoms. The third kappa shape index (κ3) is 8.34. The van der Waals surface area contributed by atoms with E-state index in [1.807, 2.05) is 6.07 Å². The summed E-state index contributed by atoms with van der Waals surface area (Å²) in [5, 5.41) is 0. The minimum Gasteiger partial charge on any atom is -0.437 e. The van der Waals surface area contributed by atoms with Crippen molar-refractivity contribution in [1.29, 1.82) is 0 Å². The lowest BCUT2D eigenvalue weighted by molar-refractivity contribution is 0.380. The fourth-order valence-corrected chi connectivity index (χ4v) is 23.0. The molecular weight excluding hydrogens is 695 g/mol. The Morgan fingerprint density at radius 2 is 1.28 bits per heavy atom. The van der Waals surface area contributed by atoms with Gasteiger partial charge in [0.1, 0.15) is 4.90 Å². The smallest absolute Gasteiger partial charge is 0.314 e. The van der Waals surface area contributed by atoms with Crippen molar-refractivity contribution in [2.45, 2.75) is 95.3 Å². The van der Waals surface area contributed by atoms with Gasteiger partial charge in [0.2, 0.25) is 0 Å². The molecule has 0 spiro atoms. The first-order chi connectivity index (χ1) is 16.5. The molecule has 0 aliphatic carbocycles. The predicted molar refractivity (Wildman–Crippen MR) is 171 cm³/mol. The van der Waals surface area contributed by atoms with Gasteiger partial charge in [-0.2, -0.15) is 0 Å². The molecule has 1 aliphatic heterocycles. The largest absolute Gasteiger partial charge is 0.437 e. The highest BCUT2D eigenvalue weighted by atomic mass is 79.9. The van der Waals surface area contributed by atoms with Gasteiger partial charge in [0, 0.05) is 6.54 Å². The maximum atomic E-state index is 13.4. The molecule has 0 atom stereocenters. The molecule has 0 saturated heterocycles. The van der Waals surface area contributed by atoms with Gasteiger partial charge < -0.3 is 8.23 Å². The Labute approximate surface area is 245 Å². The lowest BCUT2D eigenvalue weighted by Crippen LogP contribution is -2.52. The second kappa shape index (κ2) is 12.0. The first kappa shape index (κ1) is 31.2. The summed E-state index contributed by atoms with van der Waals surface area (Å²) >= 11 is 10.1. The summed E-state index contributed by atoms with van der Waals surface area (Å²) in [6.07, 6.45) is 6.47. The van der Waals surface area contributed by atoms with E-state index in [1.54, 1.807) is 21.7 Å². The van der Waals surface area contributed by atoms with Gasteiger partial charge >= 0.3 is 8.56 Å². The van der Waals surface area contributed by atoms with Crippen molar-refractivity contribution >= 4 is 95.4 Å². The Balaban J connectivity index is 1.48. The number of anilines is 1. The molecule has 2 aromatic heterocycles. The molecule has 1 aliphatic rings. The normalized spacial score (nSPS) is 15.8. The Kier molecular flexibility index (Phi) is 10.4. The highest BCUT2D eigenvalue weighted by Crippen LogP contribution is 2.53. The SMILES string of the molecule is C[Si](C)(C)O[Si](C)(CCCCCCCCN1c2cc(Br)sc2-c2sc(Br)cc2S1(=O)=O)O[Si](C)(C)C. The Bertz CT molecular complexity index is 1140. The van der Waals surface area contributed by atoms with E-state index in [4.69, 9.17) is 8.23 Å². The van der Waals surface area contributed by atoms with Crippen molar-refractivity contribution in [3.05, 3.63) is 19.7 Å². The van der Waals surface area contributed by atoms with E-state index in [-0.39, 0.29) is 0 Å². The van der Waals surface area contributed by atoms with Crippen LogP contribution in [0.3, 0.4) is 0 Å². The van der Waals surface area contributed by atoms with Gasteiger partial charge in [-0.05, 0) is 102 Å². The van der Waals surface area contributed by atoms with Gasteiger partial charge in [0.05, 0.1) is 23.0 Å². The van der Waals surface area contributed by atoms with Crippen LogP contribution in [0, 0.1) is 0 Å². The molecule has 2 aromatic rings. The van der Waals surface area contributed by atoms with Crippen molar-refractivity contribution in [1.82, 2.24) is 0 Å². The van der Waals surface area contributed by atoms with Crippen LogP contribution in [0.4, 0.5) is 5.69 Å². The van der Waals surface area contributed by atoms with Crippen molar-refractivity contribution in [3.8, 4) is 9.75 Å². The van der Waals surface area contributed by atoms with Crippen molar-refractivity contribution < 1.29 is 16.6 Å². The fourth-order valence-electron chi connectivity index (χ4n) is 4.71. The van der Waals surface area contributed by atoms with Crippen LogP contribution in [0.25, 0.3) is 9.75 Å². The molecule has 0 N–H and O–H groups in total. The van der Waals surface area contributed by atoms with Crippen LogP contribution in [-0.4, -0.2) is 40.2 Å². The molecule has 0 amide bonds. The predicted octanol–water partition coefficient (Wildman–Crippen LogP) is 9.63. The summed E-state index contributed by atoms with van der Waals surface area (Å²) in [4.78, 5) is 2.31. The number of hydrogen-bond acceptors (Lipinski definition) is 6. The third-order valence-corrected chi connectivity index (χ3v) is 20.7. The maximum Gasteiger partial charge on any atom is 0.314 e. The van der Waals surface area contributed by atoms with Crippen LogP contribution in [0.2, 0.25) is 51.9 Å². The van der Waals surface area contributed by atoms with E-state index in [1.165, 1.54) is 17.8 Å². The monoisotopic (exact) mass is 731 g/mol. The fraction of sp³-hybridized carbons (Fsp3) is 0.652. The Morgan fingerprint density at radius 3 is 1.86 bits per heavy atom. The number of hydrogen-bond donors (Lipinski definition) is 0. The Hall–Kier alpha value is 0.681. The van der Waals surface area contributed by atoms with Gasteiger partial charge in [0.25, 0.3) is 10.0 Å². The van der Waals surface area contributed by atoms with Gasteiger partial charge in [-0.1, -0.05) is 32.1 Å². The zero-order valence-corrected chi connectivity index (χ0v) is 31.0. The molecule has 0 fully saturated rings. The molecule has 0 saturated carbocycles. The van der Waals surface area contributed by atoms with Crippen LogP contribution >= 0.6 is 54.5 Å². The second-order valence-corrected chi connectivity index (χ2v) is 31.1. The minimum atomic E-state index is -3.53. The second-order valence-electron chi connectivity index (χ2n) is 11.5. The van der Waals surface area contributed by atoms with Crippen molar-refractivity contribution in [3.63, 3.8) is 0 Å². The zero-order chi connectivity index (χ0) is 26.9. The zero-order valence-electron chi connectivity index (χ0n) is 22.4. The van der Waals surface area contributed by atoms with E-state index in [9.17, 15) is 8.42 Å². The van der Waals surface area contributed by atoms with Crippen LogP contribution in [0.1, 0.15) is 38.5 Å². The first-order valence-corrected chi connectivity index (χ1v) is 26.5. The van der Waals surface area contributed by atoms with Gasteiger partial charge in [-0.25, -0.2) is 8.42 Å². The lowest BCUT2D eigenvalue weighted by Gasteiger charge is -2.38. The van der Waals surface area contributed by atoms with Crippen molar-refractivity contribution in [2.75, 3.05) is 10.8 Å². The summed E-state index contributed by atoms with van der Waals surface area (Å²) in [5.41, 5.74) is 0.808. The molecule has 0 aromatic carbocycles. The van der Waals surface area contributed by atoms with Gasteiger partial charge in [0.15, 0.2) is 16.6 Å². The highest BCUT2D eigenvalue weighted by Gasteiger charge is 2.40. The van der Waals surface area contributed by atoms with E-state index in [0.29, 0.717) is 11.4 Å². The highest BCUT2D eigenvalue weighted by molar-refractivity contribution is 9.11. The number of rotatable bonds is 13. The van der Waals surface area contributed by atoms with Gasteiger partial charge in [-0.3, -0.25) is 4.31 Å². The summed E-state index contributed by atoms with van der Waals surface area (Å²) in [6.45, 7) is 16.3. The lowest BCUT2D eigenvalue weighted by atomic mass is 10.1. The average molecular weight is 734 g/mol. The minimum absolute atomic E-state index is 0.425. The number of unbranched alkanes of at least 4 members (excludes halogenated alkanes) is 5. The number of nitrogens with zero attached hydrogens (tertiary/aromatic N) is 1. The molecular formula is C23H39Br2NO4S3Si3. The molecule has 0 unspecified atom stereocenters. The summed E-state index contributed by atoms with van der Waals surface area (Å²) in [7, 11) is -8.98. The van der Waals surface area contributed by atoms with Crippen LogP contribution in [0.15, 0.2) is 24.6 Å². The maximum absolute atomic E-state index is 13.4. The Morgan fingerprint density at radius 1 is 0.778 bits per heavy atom. The number of fused-ring (bicyclic) bond motifs is 3. The number of halogens is 2. The first-order valence-electron chi connectivity index (χ1n) is 12.5. The molecule has 0 bridgehead atoms. The molecule has 36 heavy (non-hydrogen) atoms. The number of sulfonamides is 1. The van der Waals surface area contributed by atoms with E-state index in [0.717, 1.165) is 61.2 Å². The van der Waals surface area contributed by atoms with Gasteiger partial charge in [-0.15, -0.1) is 22.7 Å². The molecule has 3 heterocycles. The summed E-state index contributed by atoms with van der Waals surface area (Å²) < 4.78 is 43.4. The quantitative estimate of drug-likeness (QED) is 0.152. The van der Waals surface area contributed by atoms with Crippen LogP contribution < -0.4 is 4.31 Å². The summed E-state index contributed by atoms with van der Waals surface area (Å²) in [6, 6.07) is 4.75. The molecule has 0 radical (unpaired) electrons. The van der Waals surface area contributed by atoms with Crippen molar-refractivity contribution in [2.24, 2.45) is 0 Å². The van der Waals surface area contributed by atoms with E-state index < -0.39 is 35.2 Å². The molecule has 3 rings (SSSR count). The average Bonchev–Trinajstić information content (AvgIpc) is 3.26. The van der Waals surface area contributed by atoms with E-state index in [2.05, 4.69) is 77.7 Å². The summed E-state index contributed by atoms with van der Waals surface area (Å²) in [5.74, 6) is 0. The topological polar surface area (TPSA) is 55.8 Å². The van der Waals surface area contributed by atoms with Crippen LogP contribution in [-0.2, 0) is 18.3 Å². The molecule has 204 valence electrons. The third-order valence-electron chi connectivity index (χ3n) is 5.68. The number of thiophene rings is 2. The van der Waals surface area contributed by atoms with Crippen LogP contribution in [0.5, 0.6) is 0 Å². The standard InChI is InChI=1S/C23H39Br2NO4S3Si3/c1-34(2,3)29-36(7,30-35(4,5)6)15-13-11-9-8-10-12-14-26-18-16-20(24)31-22(18)23-19(33(26,27)28)17-21(25)32-23/h16-17H,8-15H2,1-7H3. The molecule has 5 nitrogen and oxygen atoms in total.